The molecule has 0 spiro atoms. The molecular formula is C14H18BrNO. The minimum Gasteiger partial charge on any atom is -0.459 e. The van der Waals surface area contributed by atoms with Crippen LogP contribution in [0.15, 0.2) is 27.1 Å². The summed E-state index contributed by atoms with van der Waals surface area (Å²) >= 11 is 3.52. The van der Waals surface area contributed by atoms with Crippen molar-refractivity contribution >= 4 is 26.9 Å². The van der Waals surface area contributed by atoms with Gasteiger partial charge in [-0.15, -0.1) is 0 Å². The fourth-order valence-electron chi connectivity index (χ4n) is 2.26. The van der Waals surface area contributed by atoms with Crippen LogP contribution in [0.5, 0.6) is 0 Å². The maximum Gasteiger partial charge on any atom is 0.137 e. The molecule has 17 heavy (non-hydrogen) atoms. The Kier molecular flexibility index (Phi) is 3.59. The van der Waals surface area contributed by atoms with Crippen molar-refractivity contribution in [2.45, 2.75) is 26.8 Å². The third-order valence-corrected chi connectivity index (χ3v) is 3.53. The summed E-state index contributed by atoms with van der Waals surface area (Å²) in [6.07, 6.45) is 0. The lowest BCUT2D eigenvalue weighted by Crippen LogP contribution is -2.20. The van der Waals surface area contributed by atoms with Gasteiger partial charge < -0.3 is 9.73 Å². The van der Waals surface area contributed by atoms with Crippen LogP contribution in [0.2, 0.25) is 0 Å². The number of nitrogens with one attached hydrogen (secondary N) is 1. The van der Waals surface area contributed by atoms with Crippen LogP contribution in [0, 0.1) is 12.8 Å². The number of furan rings is 1. The molecule has 2 nitrogen and oxygen atoms in total. The Morgan fingerprint density at radius 3 is 2.53 bits per heavy atom. The van der Waals surface area contributed by atoms with Gasteiger partial charge in [0.15, 0.2) is 0 Å². The number of halogens is 1. The Hall–Kier alpha value is -0.800. The van der Waals surface area contributed by atoms with Crippen LogP contribution in [-0.2, 0) is 0 Å². The summed E-state index contributed by atoms with van der Waals surface area (Å²) in [6, 6.07) is 6.58. The molecule has 0 amide bonds. The van der Waals surface area contributed by atoms with Crippen molar-refractivity contribution in [2.75, 3.05) is 7.05 Å². The smallest absolute Gasteiger partial charge is 0.137 e. The summed E-state index contributed by atoms with van der Waals surface area (Å²) in [6.45, 7) is 6.46. The molecule has 0 aliphatic rings. The van der Waals surface area contributed by atoms with E-state index in [2.05, 4.69) is 60.2 Å². The number of hydrogen-bond donors (Lipinski definition) is 1. The highest BCUT2D eigenvalue weighted by Crippen LogP contribution is 2.31. The highest BCUT2D eigenvalue weighted by Gasteiger charge is 2.18. The third-order valence-electron chi connectivity index (χ3n) is 3.07. The molecule has 1 atom stereocenters. The largest absolute Gasteiger partial charge is 0.459 e. The van der Waals surface area contributed by atoms with Gasteiger partial charge in [-0.3, -0.25) is 0 Å². The van der Waals surface area contributed by atoms with Gasteiger partial charge in [-0.05, 0) is 43.7 Å². The molecule has 1 N–H and O–H groups in total. The summed E-state index contributed by atoms with van der Waals surface area (Å²) in [5, 5.41) is 4.47. The first kappa shape index (κ1) is 12.7. The molecule has 1 heterocycles. The first-order valence-corrected chi connectivity index (χ1v) is 6.69. The topological polar surface area (TPSA) is 25.2 Å². The molecule has 2 aromatic rings. The lowest BCUT2D eigenvalue weighted by Gasteiger charge is -2.17. The maximum atomic E-state index is 5.98. The molecule has 92 valence electrons. The lowest BCUT2D eigenvalue weighted by atomic mass is 10.0. The van der Waals surface area contributed by atoms with Gasteiger partial charge in [0, 0.05) is 9.86 Å². The summed E-state index contributed by atoms with van der Waals surface area (Å²) in [5.41, 5.74) is 2.16. The van der Waals surface area contributed by atoms with Crippen molar-refractivity contribution in [1.82, 2.24) is 5.32 Å². The van der Waals surface area contributed by atoms with E-state index in [4.69, 9.17) is 4.42 Å². The third kappa shape index (κ3) is 2.40. The van der Waals surface area contributed by atoms with Crippen LogP contribution in [-0.4, -0.2) is 7.05 Å². The highest BCUT2D eigenvalue weighted by molar-refractivity contribution is 9.10. The summed E-state index contributed by atoms with van der Waals surface area (Å²) < 4.78 is 7.08. The Balaban J connectivity index is 2.54. The zero-order valence-electron chi connectivity index (χ0n) is 10.7. The van der Waals surface area contributed by atoms with Gasteiger partial charge in [0.1, 0.15) is 11.3 Å². The van der Waals surface area contributed by atoms with E-state index in [0.717, 1.165) is 21.2 Å². The predicted molar refractivity (Wildman–Crippen MR) is 75.3 cm³/mol. The van der Waals surface area contributed by atoms with E-state index >= 15 is 0 Å². The molecule has 0 fully saturated rings. The second-order valence-corrected chi connectivity index (χ2v) is 5.72. The Bertz CT molecular complexity index is 530. The van der Waals surface area contributed by atoms with Gasteiger partial charge in [-0.2, -0.15) is 0 Å². The molecule has 1 unspecified atom stereocenters. The molecular weight excluding hydrogens is 278 g/mol. The van der Waals surface area contributed by atoms with Crippen molar-refractivity contribution in [3.05, 3.63) is 34.0 Å². The van der Waals surface area contributed by atoms with Crippen molar-refractivity contribution in [3.63, 3.8) is 0 Å². The van der Waals surface area contributed by atoms with Crippen molar-refractivity contribution in [3.8, 4) is 0 Å². The Labute approximate surface area is 111 Å². The number of fused-ring (bicyclic) bond motifs is 1. The maximum absolute atomic E-state index is 5.98. The fourth-order valence-corrected chi connectivity index (χ4v) is 2.85. The van der Waals surface area contributed by atoms with E-state index in [1.165, 1.54) is 5.56 Å². The summed E-state index contributed by atoms with van der Waals surface area (Å²) in [7, 11) is 1.97. The van der Waals surface area contributed by atoms with E-state index < -0.39 is 0 Å². The van der Waals surface area contributed by atoms with E-state index in [1.54, 1.807) is 0 Å². The number of aryl methyl sites for hydroxylation is 1. The van der Waals surface area contributed by atoms with Crippen LogP contribution in [0.4, 0.5) is 0 Å². The minimum atomic E-state index is 0.264. The number of benzene rings is 1. The first-order chi connectivity index (χ1) is 8.02. The van der Waals surface area contributed by atoms with Crippen LogP contribution in [0.3, 0.4) is 0 Å². The van der Waals surface area contributed by atoms with E-state index in [9.17, 15) is 0 Å². The van der Waals surface area contributed by atoms with Gasteiger partial charge >= 0.3 is 0 Å². The summed E-state index contributed by atoms with van der Waals surface area (Å²) in [5.74, 6) is 1.52. The average Bonchev–Trinajstić information content (AvgIpc) is 2.61. The van der Waals surface area contributed by atoms with Crippen LogP contribution in [0.25, 0.3) is 11.0 Å². The molecule has 0 radical (unpaired) electrons. The van der Waals surface area contributed by atoms with Gasteiger partial charge in [0.05, 0.1) is 6.04 Å². The zero-order chi connectivity index (χ0) is 12.6. The minimum absolute atomic E-state index is 0.264. The van der Waals surface area contributed by atoms with Gasteiger partial charge in [0.2, 0.25) is 0 Å². The Morgan fingerprint density at radius 1 is 1.24 bits per heavy atom. The second-order valence-electron chi connectivity index (χ2n) is 4.80. The SMILES string of the molecule is CNC(c1cc2cc(Br)cc(C)c2o1)C(C)C. The fraction of sp³-hybridized carbons (Fsp3) is 0.429. The van der Waals surface area contributed by atoms with E-state index in [0.29, 0.717) is 5.92 Å². The van der Waals surface area contributed by atoms with E-state index in [-0.39, 0.29) is 6.04 Å². The quantitative estimate of drug-likeness (QED) is 0.907. The summed E-state index contributed by atoms with van der Waals surface area (Å²) in [4.78, 5) is 0. The van der Waals surface area contributed by atoms with Crippen molar-refractivity contribution < 1.29 is 4.42 Å². The first-order valence-electron chi connectivity index (χ1n) is 5.89. The Morgan fingerprint density at radius 2 is 1.94 bits per heavy atom. The number of hydrogen-bond acceptors (Lipinski definition) is 2. The normalized spacial score (nSPS) is 13.5. The number of rotatable bonds is 3. The second kappa shape index (κ2) is 4.83. The molecule has 0 bridgehead atoms. The molecule has 0 aliphatic heterocycles. The molecule has 1 aromatic heterocycles. The van der Waals surface area contributed by atoms with Crippen molar-refractivity contribution in [2.24, 2.45) is 5.92 Å². The molecule has 0 aliphatic carbocycles. The average molecular weight is 296 g/mol. The lowest BCUT2D eigenvalue weighted by molar-refractivity contribution is 0.370. The van der Waals surface area contributed by atoms with E-state index in [1.807, 2.05) is 7.05 Å². The molecule has 3 heteroatoms. The molecule has 0 saturated heterocycles. The zero-order valence-corrected chi connectivity index (χ0v) is 12.3. The van der Waals surface area contributed by atoms with Gasteiger partial charge in [-0.25, -0.2) is 0 Å². The van der Waals surface area contributed by atoms with Crippen molar-refractivity contribution in [1.29, 1.82) is 0 Å². The van der Waals surface area contributed by atoms with Crippen LogP contribution in [0.1, 0.15) is 31.2 Å². The molecule has 2 rings (SSSR count). The standard InChI is InChI=1S/C14H18BrNO/c1-8(2)13(16-4)12-7-10-6-11(15)5-9(3)14(10)17-12/h5-8,13,16H,1-4H3. The van der Waals surface area contributed by atoms with Gasteiger partial charge in [0.25, 0.3) is 0 Å². The van der Waals surface area contributed by atoms with Crippen LogP contribution < -0.4 is 5.32 Å². The highest BCUT2D eigenvalue weighted by atomic mass is 79.9. The molecule has 0 saturated carbocycles. The monoisotopic (exact) mass is 295 g/mol. The van der Waals surface area contributed by atoms with Crippen LogP contribution >= 0.6 is 15.9 Å². The predicted octanol–water partition coefficient (Wildman–Crippen LogP) is 4.42. The molecule has 1 aromatic carbocycles. The van der Waals surface area contributed by atoms with Gasteiger partial charge in [-0.1, -0.05) is 29.8 Å².